The van der Waals surface area contributed by atoms with Gasteiger partial charge in [-0.25, -0.2) is 9.36 Å². The fourth-order valence-electron chi connectivity index (χ4n) is 2.21. The molecule has 3 rings (SSSR count). The molecule has 1 aromatic heterocycles. The van der Waals surface area contributed by atoms with Crippen molar-refractivity contribution in [3.63, 3.8) is 0 Å². The molecule has 3 unspecified atom stereocenters. The number of hydrogen-bond donors (Lipinski definition) is 3. The van der Waals surface area contributed by atoms with Crippen LogP contribution in [0.25, 0.3) is 0 Å². The van der Waals surface area contributed by atoms with Gasteiger partial charge < -0.3 is 20.5 Å². The van der Waals surface area contributed by atoms with Crippen molar-refractivity contribution in [2.24, 2.45) is 0 Å². The number of nitrogens with two attached hydrogens (primary N) is 1. The van der Waals surface area contributed by atoms with Crippen LogP contribution >= 0.6 is 30.4 Å². The molecule has 10 nitrogen and oxygen atoms in total. The van der Waals surface area contributed by atoms with Gasteiger partial charge in [-0.2, -0.15) is 4.98 Å². The van der Waals surface area contributed by atoms with Crippen LogP contribution in [0, 0.1) is 3.57 Å². The maximum Gasteiger partial charge on any atom is 0.472 e. The first kappa shape index (κ1) is 15.3. The van der Waals surface area contributed by atoms with Gasteiger partial charge in [0.15, 0.2) is 6.23 Å². The second kappa shape index (κ2) is 5.26. The number of aliphatic hydroxyl groups excluding tert-OH is 1. The molecule has 1 aromatic rings. The molecule has 21 heavy (non-hydrogen) atoms. The number of aromatic nitrogens is 2. The second-order valence-corrected chi connectivity index (χ2v) is 7.12. The first-order valence-corrected chi connectivity index (χ1v) is 8.39. The summed E-state index contributed by atoms with van der Waals surface area (Å²) < 4.78 is 27.8. The van der Waals surface area contributed by atoms with E-state index >= 15 is 0 Å². The van der Waals surface area contributed by atoms with Crippen molar-refractivity contribution in [3.05, 3.63) is 20.3 Å². The summed E-state index contributed by atoms with van der Waals surface area (Å²) in [6, 6.07) is 0. The average Bonchev–Trinajstić information content (AvgIpc) is 2.70. The van der Waals surface area contributed by atoms with Gasteiger partial charge in [0.1, 0.15) is 24.1 Å². The number of fused-ring (bicyclic) bond motifs is 1. The number of phosphoric ester groups is 1. The molecule has 0 spiro atoms. The van der Waals surface area contributed by atoms with Crippen molar-refractivity contribution < 1.29 is 28.3 Å². The van der Waals surface area contributed by atoms with Gasteiger partial charge in [-0.05, 0) is 22.6 Å². The van der Waals surface area contributed by atoms with Gasteiger partial charge in [0.25, 0.3) is 0 Å². The molecular formula is C9H11IN3O7P. The molecular weight excluding hydrogens is 420 g/mol. The van der Waals surface area contributed by atoms with E-state index in [9.17, 15) is 19.4 Å². The Labute approximate surface area is 131 Å². The van der Waals surface area contributed by atoms with Crippen LogP contribution in [-0.2, 0) is 18.3 Å². The fourth-order valence-corrected chi connectivity index (χ4v) is 3.59. The maximum atomic E-state index is 11.9. The molecule has 0 amide bonds. The van der Waals surface area contributed by atoms with Crippen LogP contribution in [0.15, 0.2) is 11.0 Å². The first-order chi connectivity index (χ1) is 9.78. The Bertz CT molecular complexity index is 682. The summed E-state index contributed by atoms with van der Waals surface area (Å²) in [5.41, 5.74) is 4.82. The Morgan fingerprint density at radius 3 is 3.00 bits per heavy atom. The molecule has 12 heteroatoms. The van der Waals surface area contributed by atoms with Crippen molar-refractivity contribution in [2.45, 2.75) is 24.5 Å². The summed E-state index contributed by atoms with van der Waals surface area (Å²) in [6.45, 7) is -0.222. The number of rotatable bonds is 1. The van der Waals surface area contributed by atoms with Gasteiger partial charge in [-0.1, -0.05) is 0 Å². The van der Waals surface area contributed by atoms with Gasteiger partial charge in [0.05, 0.1) is 10.2 Å². The van der Waals surface area contributed by atoms with Crippen LogP contribution in [0.5, 0.6) is 0 Å². The van der Waals surface area contributed by atoms with Crippen LogP contribution in [0.4, 0.5) is 5.82 Å². The molecule has 2 aliphatic heterocycles. The zero-order valence-electron chi connectivity index (χ0n) is 10.3. The molecule has 2 saturated heterocycles. The van der Waals surface area contributed by atoms with E-state index in [0.717, 1.165) is 4.57 Å². The molecule has 0 aromatic carbocycles. The summed E-state index contributed by atoms with van der Waals surface area (Å²) in [5, 5.41) is 10.2. The van der Waals surface area contributed by atoms with Crippen molar-refractivity contribution in [1.82, 2.24) is 9.55 Å². The highest BCUT2D eigenvalue weighted by molar-refractivity contribution is 14.1. The number of anilines is 1. The fraction of sp³-hybridized carbons (Fsp3) is 0.556. The monoisotopic (exact) mass is 431 g/mol. The van der Waals surface area contributed by atoms with E-state index in [1.165, 1.54) is 6.20 Å². The minimum atomic E-state index is -4.21. The van der Waals surface area contributed by atoms with Crippen LogP contribution in [0.1, 0.15) is 6.23 Å². The SMILES string of the molecule is Nc1nc(=O)n([C@@H]2OC3COP(=O)(O)OC3[C@H]2O)cc1I. The van der Waals surface area contributed by atoms with Crippen molar-refractivity contribution >= 4 is 36.2 Å². The summed E-state index contributed by atoms with van der Waals surface area (Å²) in [4.78, 5) is 24.7. The molecule has 116 valence electrons. The van der Waals surface area contributed by atoms with Gasteiger partial charge in [-0.15, -0.1) is 0 Å². The Hall–Kier alpha value is -0.560. The lowest BCUT2D eigenvalue weighted by Crippen LogP contribution is -2.40. The molecule has 3 heterocycles. The van der Waals surface area contributed by atoms with Gasteiger partial charge in [0, 0.05) is 6.20 Å². The van der Waals surface area contributed by atoms with E-state index in [0.29, 0.717) is 3.57 Å². The lowest BCUT2D eigenvalue weighted by Gasteiger charge is -2.27. The second-order valence-electron chi connectivity index (χ2n) is 4.55. The Morgan fingerprint density at radius 2 is 2.29 bits per heavy atom. The van der Waals surface area contributed by atoms with Gasteiger partial charge >= 0.3 is 13.5 Å². The molecule has 4 N–H and O–H groups in total. The molecule has 0 bridgehead atoms. The third-order valence-corrected chi connectivity index (χ3v) is 4.99. The van der Waals surface area contributed by atoms with E-state index in [1.54, 1.807) is 0 Å². The highest BCUT2D eigenvalue weighted by Gasteiger charge is 2.52. The van der Waals surface area contributed by atoms with E-state index in [1.807, 2.05) is 22.6 Å². The smallest absolute Gasteiger partial charge is 0.386 e. The first-order valence-electron chi connectivity index (χ1n) is 5.82. The number of nitrogen functional groups attached to an aromatic ring is 1. The lowest BCUT2D eigenvalue weighted by atomic mass is 10.1. The van der Waals surface area contributed by atoms with Gasteiger partial charge in [0.2, 0.25) is 0 Å². The normalized spacial score (nSPS) is 39.2. The quantitative estimate of drug-likeness (QED) is 0.385. The van der Waals surface area contributed by atoms with Gasteiger partial charge in [-0.3, -0.25) is 13.6 Å². The summed E-state index contributed by atoms with van der Waals surface area (Å²) in [7, 11) is -4.21. The molecule has 0 aliphatic carbocycles. The lowest BCUT2D eigenvalue weighted by molar-refractivity contribution is -0.0685. The van der Waals surface area contributed by atoms with Crippen LogP contribution in [0.2, 0.25) is 0 Å². The summed E-state index contributed by atoms with van der Waals surface area (Å²) in [5.74, 6) is 0.0706. The Kier molecular flexibility index (Phi) is 3.84. The number of halogens is 1. The Morgan fingerprint density at radius 1 is 1.57 bits per heavy atom. The van der Waals surface area contributed by atoms with Crippen LogP contribution in [0.3, 0.4) is 0 Å². The number of aliphatic hydroxyl groups is 1. The summed E-state index contributed by atoms with van der Waals surface area (Å²) in [6.07, 6.45) is -2.87. The third kappa shape index (κ3) is 2.74. The topological polar surface area (TPSA) is 146 Å². The average molecular weight is 431 g/mol. The minimum absolute atomic E-state index is 0.0706. The van der Waals surface area contributed by atoms with E-state index in [2.05, 4.69) is 9.51 Å². The molecule has 2 fully saturated rings. The maximum absolute atomic E-state index is 11.9. The molecule has 0 saturated carbocycles. The largest absolute Gasteiger partial charge is 0.472 e. The predicted molar refractivity (Wildman–Crippen MR) is 76.2 cm³/mol. The van der Waals surface area contributed by atoms with E-state index in [-0.39, 0.29) is 12.4 Å². The van der Waals surface area contributed by atoms with E-state index in [4.69, 9.17) is 15.0 Å². The number of nitrogens with zero attached hydrogens (tertiary/aromatic N) is 2. The standard InChI is InChI=1S/C9H11IN3O7P/c10-3-1-13(9(15)12-7(3)11)8-5(14)6-4(19-8)2-18-21(16,17)20-6/h1,4-6,8,14H,2H2,(H,16,17)(H2,11,12,15)/t4?,5-,6?,8-/m1/s1. The predicted octanol–water partition coefficient (Wildman–Crippen LogP) is -0.796. The molecule has 2 aliphatic rings. The van der Waals surface area contributed by atoms with Crippen LogP contribution < -0.4 is 11.4 Å². The van der Waals surface area contributed by atoms with E-state index < -0.39 is 38.1 Å². The minimum Gasteiger partial charge on any atom is -0.386 e. The zero-order valence-corrected chi connectivity index (χ0v) is 13.4. The highest BCUT2D eigenvalue weighted by Crippen LogP contribution is 2.52. The number of phosphoric acid groups is 1. The van der Waals surface area contributed by atoms with Crippen molar-refractivity contribution in [2.75, 3.05) is 12.3 Å². The molecule has 0 radical (unpaired) electrons. The molecule has 5 atom stereocenters. The highest BCUT2D eigenvalue weighted by atomic mass is 127. The third-order valence-electron chi connectivity index (χ3n) is 3.17. The van der Waals surface area contributed by atoms with Crippen LogP contribution in [-0.4, -0.2) is 44.5 Å². The van der Waals surface area contributed by atoms with Crippen molar-refractivity contribution in [3.8, 4) is 0 Å². The number of ether oxygens (including phenoxy) is 1. The zero-order chi connectivity index (χ0) is 15.4. The van der Waals surface area contributed by atoms with Crippen molar-refractivity contribution in [1.29, 1.82) is 0 Å². The summed E-state index contributed by atoms with van der Waals surface area (Å²) >= 11 is 1.88. The number of hydrogen-bond acceptors (Lipinski definition) is 8. The Balaban J connectivity index is 1.94.